The first-order valence-corrected chi connectivity index (χ1v) is 3.57. The molecule has 0 saturated carbocycles. The topological polar surface area (TPSA) is 27.7 Å². The van der Waals surface area contributed by atoms with Crippen molar-refractivity contribution in [3.63, 3.8) is 0 Å². The maximum Gasteiger partial charge on any atom is 0.280 e. The lowest BCUT2D eigenvalue weighted by atomic mass is 10.3. The van der Waals surface area contributed by atoms with Crippen molar-refractivity contribution < 1.29 is 14.2 Å². The standard InChI is InChI=1S/C7H14O3/c1-4-6-5-9-7(2,8-3)10-6/h6H,4-5H2,1-3H3. The molecule has 1 saturated heterocycles. The average molecular weight is 146 g/mol. The Balaban J connectivity index is 2.41. The summed E-state index contributed by atoms with van der Waals surface area (Å²) in [6.45, 7) is 4.49. The molecule has 0 spiro atoms. The summed E-state index contributed by atoms with van der Waals surface area (Å²) in [5.41, 5.74) is 0. The quantitative estimate of drug-likeness (QED) is 0.584. The monoisotopic (exact) mass is 146 g/mol. The molecule has 0 aromatic heterocycles. The van der Waals surface area contributed by atoms with E-state index in [1.54, 1.807) is 14.0 Å². The molecule has 10 heavy (non-hydrogen) atoms. The Kier molecular flexibility index (Phi) is 2.28. The average Bonchev–Trinajstić information content (AvgIpc) is 2.33. The Morgan fingerprint density at radius 3 is 2.70 bits per heavy atom. The Morgan fingerprint density at radius 2 is 2.40 bits per heavy atom. The number of hydrogen-bond acceptors (Lipinski definition) is 3. The van der Waals surface area contributed by atoms with Gasteiger partial charge in [0.05, 0.1) is 12.7 Å². The third-order valence-corrected chi connectivity index (χ3v) is 1.74. The van der Waals surface area contributed by atoms with Crippen LogP contribution in [0.2, 0.25) is 0 Å². The molecule has 0 aliphatic carbocycles. The summed E-state index contributed by atoms with van der Waals surface area (Å²) in [7, 11) is 1.58. The molecule has 0 radical (unpaired) electrons. The molecule has 0 bridgehead atoms. The highest BCUT2D eigenvalue weighted by Crippen LogP contribution is 2.24. The molecule has 1 aliphatic heterocycles. The summed E-state index contributed by atoms with van der Waals surface area (Å²) < 4.78 is 15.6. The Hall–Kier alpha value is -0.120. The van der Waals surface area contributed by atoms with Crippen molar-refractivity contribution in [3.8, 4) is 0 Å². The zero-order valence-corrected chi connectivity index (χ0v) is 6.72. The third kappa shape index (κ3) is 1.48. The van der Waals surface area contributed by atoms with Crippen LogP contribution in [-0.2, 0) is 14.2 Å². The molecule has 0 aromatic carbocycles. The highest BCUT2D eigenvalue weighted by Gasteiger charge is 2.36. The molecule has 1 aliphatic rings. The number of methoxy groups -OCH3 is 1. The fourth-order valence-corrected chi connectivity index (χ4v) is 0.923. The van der Waals surface area contributed by atoms with Crippen molar-refractivity contribution in [2.24, 2.45) is 0 Å². The van der Waals surface area contributed by atoms with E-state index in [0.29, 0.717) is 6.61 Å². The molecule has 2 atom stereocenters. The van der Waals surface area contributed by atoms with Crippen LogP contribution in [-0.4, -0.2) is 25.8 Å². The second-order valence-electron chi connectivity index (χ2n) is 2.53. The first-order valence-electron chi connectivity index (χ1n) is 3.57. The van der Waals surface area contributed by atoms with E-state index in [9.17, 15) is 0 Å². The first-order chi connectivity index (χ1) is 4.70. The third-order valence-electron chi connectivity index (χ3n) is 1.74. The molecule has 0 aromatic rings. The van der Waals surface area contributed by atoms with Gasteiger partial charge in [-0.1, -0.05) is 6.92 Å². The largest absolute Gasteiger partial charge is 0.331 e. The summed E-state index contributed by atoms with van der Waals surface area (Å²) in [6, 6.07) is 0. The lowest BCUT2D eigenvalue weighted by molar-refractivity contribution is -0.313. The summed E-state index contributed by atoms with van der Waals surface area (Å²) in [4.78, 5) is 0. The van der Waals surface area contributed by atoms with E-state index in [2.05, 4.69) is 6.92 Å². The Bertz CT molecular complexity index is 115. The van der Waals surface area contributed by atoms with Crippen LogP contribution in [0.25, 0.3) is 0 Å². The van der Waals surface area contributed by atoms with Crippen molar-refractivity contribution in [2.45, 2.75) is 32.3 Å². The summed E-state index contributed by atoms with van der Waals surface area (Å²) in [5, 5.41) is 0. The molecular formula is C7H14O3. The van der Waals surface area contributed by atoms with Crippen LogP contribution in [0.15, 0.2) is 0 Å². The normalized spacial score (nSPS) is 40.5. The highest BCUT2D eigenvalue weighted by atomic mass is 16.9. The van der Waals surface area contributed by atoms with E-state index in [1.165, 1.54) is 0 Å². The molecule has 2 unspecified atom stereocenters. The van der Waals surface area contributed by atoms with E-state index in [0.717, 1.165) is 6.42 Å². The van der Waals surface area contributed by atoms with Crippen molar-refractivity contribution in [1.29, 1.82) is 0 Å². The van der Waals surface area contributed by atoms with Crippen LogP contribution in [0.3, 0.4) is 0 Å². The van der Waals surface area contributed by atoms with Crippen LogP contribution in [0.5, 0.6) is 0 Å². The van der Waals surface area contributed by atoms with Crippen LogP contribution in [0.1, 0.15) is 20.3 Å². The predicted octanol–water partition coefficient (Wildman–Crippen LogP) is 1.13. The summed E-state index contributed by atoms with van der Waals surface area (Å²) in [5.74, 6) is -0.791. The van der Waals surface area contributed by atoms with Gasteiger partial charge in [0, 0.05) is 14.0 Å². The molecule has 1 fully saturated rings. The first kappa shape index (κ1) is 7.98. The van der Waals surface area contributed by atoms with Crippen molar-refractivity contribution in [2.75, 3.05) is 13.7 Å². The van der Waals surface area contributed by atoms with Gasteiger partial charge in [0.15, 0.2) is 0 Å². The van der Waals surface area contributed by atoms with Gasteiger partial charge in [-0.25, -0.2) is 0 Å². The van der Waals surface area contributed by atoms with Gasteiger partial charge in [0.25, 0.3) is 5.97 Å². The fraction of sp³-hybridized carbons (Fsp3) is 1.00. The SMILES string of the molecule is CCC1COC(C)(OC)O1. The Labute approximate surface area is 61.3 Å². The van der Waals surface area contributed by atoms with Gasteiger partial charge >= 0.3 is 0 Å². The van der Waals surface area contributed by atoms with Crippen LogP contribution in [0, 0.1) is 0 Å². The van der Waals surface area contributed by atoms with Gasteiger partial charge in [-0.15, -0.1) is 0 Å². The number of hydrogen-bond donors (Lipinski definition) is 0. The minimum Gasteiger partial charge on any atom is -0.331 e. The highest BCUT2D eigenvalue weighted by molar-refractivity contribution is 4.65. The zero-order chi connectivity index (χ0) is 7.61. The second kappa shape index (κ2) is 2.86. The molecule has 0 amide bonds. The maximum absolute atomic E-state index is 5.40. The second-order valence-corrected chi connectivity index (χ2v) is 2.53. The van der Waals surface area contributed by atoms with E-state index in [-0.39, 0.29) is 6.10 Å². The van der Waals surface area contributed by atoms with Gasteiger partial charge in [0.1, 0.15) is 0 Å². The van der Waals surface area contributed by atoms with Crippen LogP contribution >= 0.6 is 0 Å². The minimum atomic E-state index is -0.791. The van der Waals surface area contributed by atoms with E-state index >= 15 is 0 Å². The summed E-state index contributed by atoms with van der Waals surface area (Å²) in [6.07, 6.45) is 1.17. The minimum absolute atomic E-state index is 0.199. The maximum atomic E-state index is 5.40. The molecule has 60 valence electrons. The van der Waals surface area contributed by atoms with Crippen molar-refractivity contribution in [1.82, 2.24) is 0 Å². The van der Waals surface area contributed by atoms with E-state index in [1.807, 2.05) is 0 Å². The lowest BCUT2D eigenvalue weighted by Crippen LogP contribution is -2.28. The predicted molar refractivity (Wildman–Crippen MR) is 36.5 cm³/mol. The van der Waals surface area contributed by atoms with Gasteiger partial charge in [-0.2, -0.15) is 0 Å². The molecule has 0 N–H and O–H groups in total. The van der Waals surface area contributed by atoms with Crippen LogP contribution < -0.4 is 0 Å². The van der Waals surface area contributed by atoms with Gasteiger partial charge in [0.2, 0.25) is 0 Å². The van der Waals surface area contributed by atoms with Crippen molar-refractivity contribution in [3.05, 3.63) is 0 Å². The van der Waals surface area contributed by atoms with Gasteiger partial charge in [-0.3, -0.25) is 0 Å². The number of rotatable bonds is 2. The number of ether oxygens (including phenoxy) is 3. The molecule has 3 heteroatoms. The Morgan fingerprint density at radius 1 is 1.70 bits per heavy atom. The zero-order valence-electron chi connectivity index (χ0n) is 6.72. The molecule has 3 nitrogen and oxygen atoms in total. The molecule has 1 heterocycles. The fourth-order valence-electron chi connectivity index (χ4n) is 0.923. The molecule has 1 rings (SSSR count). The van der Waals surface area contributed by atoms with Crippen LogP contribution in [0.4, 0.5) is 0 Å². The smallest absolute Gasteiger partial charge is 0.280 e. The van der Waals surface area contributed by atoms with Gasteiger partial charge < -0.3 is 14.2 Å². The lowest BCUT2D eigenvalue weighted by Gasteiger charge is -2.19. The molecular weight excluding hydrogens is 132 g/mol. The van der Waals surface area contributed by atoms with E-state index < -0.39 is 5.97 Å². The summed E-state index contributed by atoms with van der Waals surface area (Å²) >= 11 is 0. The van der Waals surface area contributed by atoms with Gasteiger partial charge in [-0.05, 0) is 6.42 Å². The van der Waals surface area contributed by atoms with E-state index in [4.69, 9.17) is 14.2 Å². The van der Waals surface area contributed by atoms with Crippen molar-refractivity contribution >= 4 is 0 Å².